The van der Waals surface area contributed by atoms with Crippen LogP contribution in [-0.2, 0) is 14.9 Å². The number of allylic oxidation sites excluding steroid dienone is 2. The lowest BCUT2D eigenvalue weighted by Gasteiger charge is -2.24. The summed E-state index contributed by atoms with van der Waals surface area (Å²) >= 11 is 0. The molecule has 0 aliphatic carbocycles. The van der Waals surface area contributed by atoms with Gasteiger partial charge in [-0.05, 0) is 38.5 Å². The van der Waals surface area contributed by atoms with Crippen molar-refractivity contribution in [3.8, 4) is 0 Å². The molecule has 0 rings (SSSR count). The van der Waals surface area contributed by atoms with E-state index in [0.717, 1.165) is 51.4 Å². The number of nitrogens with one attached hydrogen (secondary N) is 1. The van der Waals surface area contributed by atoms with Crippen LogP contribution < -0.4 is 5.32 Å². The lowest BCUT2D eigenvalue weighted by molar-refractivity contribution is -0.131. The summed E-state index contributed by atoms with van der Waals surface area (Å²) in [6.07, 6.45) is 45.1. The van der Waals surface area contributed by atoms with Crippen LogP contribution in [0.1, 0.15) is 245 Å². The van der Waals surface area contributed by atoms with Crippen molar-refractivity contribution in [3.05, 3.63) is 12.2 Å². The van der Waals surface area contributed by atoms with E-state index in [1.54, 1.807) is 0 Å². The van der Waals surface area contributed by atoms with Gasteiger partial charge in [-0.3, -0.25) is 9.35 Å². The Labute approximate surface area is 329 Å². The molecule has 0 aromatic rings. The Bertz CT molecular complexity index is 911. The predicted molar refractivity (Wildman–Crippen MR) is 227 cm³/mol. The molecule has 0 aromatic carbocycles. The van der Waals surface area contributed by atoms with E-state index in [4.69, 9.17) is 0 Å². The van der Waals surface area contributed by atoms with Crippen molar-refractivity contribution in [2.24, 2.45) is 0 Å². The number of hydrogen-bond donors (Lipinski definition) is 4. The van der Waals surface area contributed by atoms with E-state index in [-0.39, 0.29) is 0 Å². The number of carbonyl (C=O) groups excluding carboxylic acids is 1. The molecule has 7 nitrogen and oxygen atoms in total. The van der Waals surface area contributed by atoms with Crippen LogP contribution in [0.3, 0.4) is 0 Å². The molecule has 3 atom stereocenters. The van der Waals surface area contributed by atoms with Gasteiger partial charge >= 0.3 is 0 Å². The Balaban J connectivity index is 3.91. The van der Waals surface area contributed by atoms with Crippen LogP contribution in [0.4, 0.5) is 0 Å². The molecule has 0 aromatic heterocycles. The van der Waals surface area contributed by atoms with Gasteiger partial charge in [-0.25, -0.2) is 0 Å². The van der Waals surface area contributed by atoms with Crippen molar-refractivity contribution < 1.29 is 28.0 Å². The van der Waals surface area contributed by atoms with Gasteiger partial charge in [-0.2, -0.15) is 8.42 Å². The number of hydrogen-bond acceptors (Lipinski definition) is 5. The molecule has 0 spiro atoms. The predicted octanol–water partition coefficient (Wildman–Crippen LogP) is 12.7. The fourth-order valence-electron chi connectivity index (χ4n) is 7.28. The van der Waals surface area contributed by atoms with Crippen molar-refractivity contribution in [2.75, 3.05) is 5.75 Å². The molecule has 4 N–H and O–H groups in total. The fourth-order valence-corrected chi connectivity index (χ4v) is 8.04. The number of aliphatic hydroxyl groups excluding tert-OH is 2. The number of aliphatic hydroxyl groups is 2. The van der Waals surface area contributed by atoms with Crippen molar-refractivity contribution in [2.45, 2.75) is 263 Å². The van der Waals surface area contributed by atoms with E-state index in [1.807, 2.05) is 0 Å². The van der Waals surface area contributed by atoms with Crippen LogP contribution in [-0.4, -0.2) is 53.1 Å². The summed E-state index contributed by atoms with van der Waals surface area (Å²) in [5.74, 6) is -1.45. The SMILES string of the molecule is CCCCCCCCCCC/C=C\CCCCCCCCC(O)C(=O)NC(CS(=O)(=O)O)C(O)CCCCCCCCCCCCCCCCCCC. The third-order valence-corrected chi connectivity index (χ3v) is 11.6. The largest absolute Gasteiger partial charge is 0.391 e. The summed E-state index contributed by atoms with van der Waals surface area (Å²) in [4.78, 5) is 12.6. The van der Waals surface area contributed by atoms with Crippen LogP contribution in [0.5, 0.6) is 0 Å². The van der Waals surface area contributed by atoms with Crippen LogP contribution in [0, 0.1) is 0 Å². The average Bonchev–Trinajstić information content (AvgIpc) is 3.12. The maximum absolute atomic E-state index is 12.6. The molecule has 0 saturated carbocycles. The Morgan fingerprint density at radius 2 is 0.792 bits per heavy atom. The molecule has 0 bridgehead atoms. The Morgan fingerprint density at radius 3 is 1.13 bits per heavy atom. The van der Waals surface area contributed by atoms with E-state index in [9.17, 15) is 28.0 Å². The second kappa shape index (κ2) is 39.3. The minimum atomic E-state index is -4.41. The lowest BCUT2D eigenvalue weighted by Crippen LogP contribution is -2.50. The van der Waals surface area contributed by atoms with Gasteiger partial charge < -0.3 is 15.5 Å². The van der Waals surface area contributed by atoms with Crippen molar-refractivity contribution >= 4 is 16.0 Å². The zero-order chi connectivity index (χ0) is 39.1. The van der Waals surface area contributed by atoms with Gasteiger partial charge in [0.2, 0.25) is 5.91 Å². The highest BCUT2D eigenvalue weighted by molar-refractivity contribution is 7.85. The number of rotatable bonds is 42. The molecule has 8 heteroatoms. The molecule has 0 radical (unpaired) electrons. The topological polar surface area (TPSA) is 124 Å². The molecule has 0 aliphatic heterocycles. The minimum Gasteiger partial charge on any atom is -0.391 e. The first-order valence-corrected chi connectivity index (χ1v) is 24.6. The second-order valence-corrected chi connectivity index (χ2v) is 17.7. The zero-order valence-corrected chi connectivity index (χ0v) is 35.8. The summed E-state index contributed by atoms with van der Waals surface area (Å²) in [5, 5.41) is 23.6. The van der Waals surface area contributed by atoms with Gasteiger partial charge in [-0.1, -0.05) is 219 Å². The first-order valence-electron chi connectivity index (χ1n) is 23.0. The van der Waals surface area contributed by atoms with Gasteiger partial charge in [0.1, 0.15) is 6.10 Å². The van der Waals surface area contributed by atoms with E-state index in [2.05, 4.69) is 31.3 Å². The van der Waals surface area contributed by atoms with Crippen molar-refractivity contribution in [3.63, 3.8) is 0 Å². The second-order valence-electron chi connectivity index (χ2n) is 16.2. The molecule has 1 amide bonds. The van der Waals surface area contributed by atoms with Gasteiger partial charge in [0, 0.05) is 0 Å². The fraction of sp³-hybridized carbons (Fsp3) is 0.933. The van der Waals surface area contributed by atoms with Crippen LogP contribution in [0.2, 0.25) is 0 Å². The van der Waals surface area contributed by atoms with Gasteiger partial charge in [-0.15, -0.1) is 0 Å². The molecule has 0 heterocycles. The number of amides is 1. The summed E-state index contributed by atoms with van der Waals surface area (Å²) in [7, 11) is -4.41. The molecular weight excluding hydrogens is 683 g/mol. The first kappa shape index (κ1) is 52.0. The molecular formula is C45H89NO6S. The van der Waals surface area contributed by atoms with Gasteiger partial charge in [0.25, 0.3) is 10.1 Å². The maximum atomic E-state index is 12.6. The minimum absolute atomic E-state index is 0.293. The number of carbonyl (C=O) groups is 1. The normalized spacial score (nSPS) is 13.8. The summed E-state index contributed by atoms with van der Waals surface area (Å²) in [5.41, 5.74) is 0. The van der Waals surface area contributed by atoms with E-state index in [0.29, 0.717) is 19.3 Å². The molecule has 0 fully saturated rings. The van der Waals surface area contributed by atoms with Crippen molar-refractivity contribution in [1.82, 2.24) is 5.32 Å². The van der Waals surface area contributed by atoms with Crippen LogP contribution >= 0.6 is 0 Å². The van der Waals surface area contributed by atoms with Crippen LogP contribution in [0.25, 0.3) is 0 Å². The van der Waals surface area contributed by atoms with E-state index in [1.165, 1.54) is 161 Å². The molecule has 0 saturated heterocycles. The third-order valence-electron chi connectivity index (χ3n) is 10.8. The third kappa shape index (κ3) is 39.1. The van der Waals surface area contributed by atoms with Crippen molar-refractivity contribution in [1.29, 1.82) is 0 Å². The zero-order valence-electron chi connectivity index (χ0n) is 35.0. The van der Waals surface area contributed by atoms with Gasteiger partial charge in [0.05, 0.1) is 17.9 Å². The highest BCUT2D eigenvalue weighted by Gasteiger charge is 2.28. The Kier molecular flexibility index (Phi) is 38.6. The standard InChI is InChI=1S/C45H89NO6S/c1-3-5-7-9-11-13-15-17-19-21-22-24-26-28-30-32-34-36-38-40-44(48)45(49)46-42(41-53(50,51)52)43(47)39-37-35-33-31-29-27-25-23-20-18-16-14-12-10-8-6-4-2/h22,24,42-44,47-48H,3-21,23,25-41H2,1-2H3,(H,46,49)(H,50,51,52)/b24-22-. The van der Waals surface area contributed by atoms with Crippen LogP contribution in [0.15, 0.2) is 12.2 Å². The molecule has 316 valence electrons. The lowest BCUT2D eigenvalue weighted by atomic mass is 10.0. The average molecular weight is 772 g/mol. The highest BCUT2D eigenvalue weighted by Crippen LogP contribution is 2.17. The molecule has 0 aliphatic rings. The van der Waals surface area contributed by atoms with Gasteiger partial charge in [0.15, 0.2) is 0 Å². The highest BCUT2D eigenvalue weighted by atomic mass is 32.2. The van der Waals surface area contributed by atoms with E-state index >= 15 is 0 Å². The quantitative estimate of drug-likeness (QED) is 0.0278. The Morgan fingerprint density at radius 1 is 0.491 bits per heavy atom. The summed E-state index contributed by atoms with van der Waals surface area (Å²) < 4.78 is 32.7. The molecule has 53 heavy (non-hydrogen) atoms. The maximum Gasteiger partial charge on any atom is 0.266 e. The number of unbranched alkanes of at least 4 members (excludes halogenated alkanes) is 31. The first-order chi connectivity index (χ1) is 25.7. The molecule has 3 unspecified atom stereocenters. The monoisotopic (exact) mass is 772 g/mol. The smallest absolute Gasteiger partial charge is 0.266 e. The van der Waals surface area contributed by atoms with E-state index < -0.39 is 40.0 Å². The summed E-state index contributed by atoms with van der Waals surface area (Å²) in [6.45, 7) is 4.53. The summed E-state index contributed by atoms with van der Waals surface area (Å²) in [6, 6.07) is -1.15. The Hall–Kier alpha value is -0.960.